The summed E-state index contributed by atoms with van der Waals surface area (Å²) in [6.45, 7) is 0. The molecule has 3 bridgehead atoms. The molecule has 2 heterocycles. The third-order valence-corrected chi connectivity index (χ3v) is 6.74. The average Bonchev–Trinajstić information content (AvgIpc) is 3.28. The van der Waals surface area contributed by atoms with Gasteiger partial charge in [0, 0.05) is 25.5 Å². The highest BCUT2D eigenvalue weighted by atomic mass is 16.1. The molecule has 1 N–H and O–H groups in total. The first-order valence-corrected chi connectivity index (χ1v) is 9.52. The standard InChI is InChI=1S/C19H25N5O/c1-23-19(24-6-2-5-20-24)16(11-21-23)18(25)22-17-4-3-12-7-13-9-14(8-12)15(17)10-13/h2,5-6,11-15,17H,3-4,7-10H2,1H3,(H,22,25). The summed E-state index contributed by atoms with van der Waals surface area (Å²) in [6, 6.07) is 2.17. The Balaban J connectivity index is 1.39. The fourth-order valence-electron chi connectivity index (χ4n) is 5.78. The molecule has 0 aliphatic heterocycles. The van der Waals surface area contributed by atoms with Gasteiger partial charge in [0.2, 0.25) is 0 Å². The molecule has 5 unspecified atom stereocenters. The van der Waals surface area contributed by atoms with Crippen LogP contribution in [-0.2, 0) is 7.05 Å². The average molecular weight is 339 g/mol. The van der Waals surface area contributed by atoms with Crippen molar-refractivity contribution in [1.82, 2.24) is 24.9 Å². The molecule has 6 nitrogen and oxygen atoms in total. The zero-order valence-electron chi connectivity index (χ0n) is 14.6. The van der Waals surface area contributed by atoms with Crippen LogP contribution in [0.15, 0.2) is 24.7 Å². The van der Waals surface area contributed by atoms with Gasteiger partial charge in [-0.25, -0.2) is 4.68 Å². The van der Waals surface area contributed by atoms with Crippen molar-refractivity contribution in [3.63, 3.8) is 0 Å². The molecule has 0 aromatic carbocycles. The van der Waals surface area contributed by atoms with E-state index in [1.807, 2.05) is 19.3 Å². The number of nitrogens with zero attached hydrogens (tertiary/aromatic N) is 4. The first-order valence-electron chi connectivity index (χ1n) is 9.52. The van der Waals surface area contributed by atoms with Crippen LogP contribution < -0.4 is 5.32 Å². The van der Waals surface area contributed by atoms with Gasteiger partial charge in [-0.05, 0) is 68.3 Å². The summed E-state index contributed by atoms with van der Waals surface area (Å²) < 4.78 is 3.42. The topological polar surface area (TPSA) is 64.7 Å². The largest absolute Gasteiger partial charge is 0.349 e. The second kappa shape index (κ2) is 5.71. The lowest BCUT2D eigenvalue weighted by Crippen LogP contribution is -2.41. The summed E-state index contributed by atoms with van der Waals surface area (Å²) in [7, 11) is 1.85. The molecule has 2 aromatic heterocycles. The van der Waals surface area contributed by atoms with Crippen LogP contribution in [0.1, 0.15) is 48.9 Å². The minimum Gasteiger partial charge on any atom is -0.349 e. The first-order chi connectivity index (χ1) is 12.2. The minimum atomic E-state index is -0.00942. The zero-order valence-corrected chi connectivity index (χ0v) is 14.6. The summed E-state index contributed by atoms with van der Waals surface area (Å²) in [5.41, 5.74) is 0.607. The third-order valence-electron chi connectivity index (χ3n) is 6.74. The quantitative estimate of drug-likeness (QED) is 0.935. The van der Waals surface area contributed by atoms with Crippen molar-refractivity contribution in [3.05, 3.63) is 30.2 Å². The molecule has 25 heavy (non-hydrogen) atoms. The maximum atomic E-state index is 13.0. The van der Waals surface area contributed by atoms with Crippen molar-refractivity contribution in [3.8, 4) is 5.82 Å². The number of rotatable bonds is 3. The Labute approximate surface area is 147 Å². The van der Waals surface area contributed by atoms with E-state index in [-0.39, 0.29) is 5.91 Å². The molecule has 3 fully saturated rings. The van der Waals surface area contributed by atoms with E-state index in [9.17, 15) is 4.79 Å². The van der Waals surface area contributed by atoms with Crippen LogP contribution in [0.5, 0.6) is 0 Å². The van der Waals surface area contributed by atoms with Crippen molar-refractivity contribution in [2.45, 2.75) is 44.6 Å². The second-order valence-electron chi connectivity index (χ2n) is 8.21. The molecular weight excluding hydrogens is 314 g/mol. The van der Waals surface area contributed by atoms with Crippen molar-refractivity contribution < 1.29 is 4.79 Å². The summed E-state index contributed by atoms with van der Waals surface area (Å²) in [4.78, 5) is 13.0. The predicted molar refractivity (Wildman–Crippen MR) is 93.2 cm³/mol. The smallest absolute Gasteiger partial charge is 0.256 e. The Morgan fingerprint density at radius 1 is 1.16 bits per heavy atom. The van der Waals surface area contributed by atoms with Crippen LogP contribution >= 0.6 is 0 Å². The van der Waals surface area contributed by atoms with Crippen molar-refractivity contribution in [2.24, 2.45) is 30.7 Å². The third kappa shape index (κ3) is 2.50. The number of carbonyl (C=O) groups excluding carboxylic acids is 1. The highest BCUT2D eigenvalue weighted by molar-refractivity contribution is 5.97. The number of aromatic nitrogens is 4. The number of carbonyl (C=O) groups is 1. The van der Waals surface area contributed by atoms with Gasteiger partial charge in [0.25, 0.3) is 5.91 Å². The predicted octanol–water partition coefficient (Wildman–Crippen LogP) is 2.55. The van der Waals surface area contributed by atoms with Crippen LogP contribution in [0.25, 0.3) is 5.82 Å². The number of hydrogen-bond donors (Lipinski definition) is 1. The van der Waals surface area contributed by atoms with E-state index >= 15 is 0 Å². The summed E-state index contributed by atoms with van der Waals surface area (Å²) in [5, 5.41) is 11.9. The molecule has 3 aliphatic rings. The maximum absolute atomic E-state index is 13.0. The fraction of sp³-hybridized carbons (Fsp3) is 0.632. The van der Waals surface area contributed by atoms with Crippen LogP contribution in [0.3, 0.4) is 0 Å². The lowest BCUT2D eigenvalue weighted by Gasteiger charge is -2.27. The fourth-order valence-corrected chi connectivity index (χ4v) is 5.78. The Hall–Kier alpha value is -2.11. The van der Waals surface area contributed by atoms with Crippen LogP contribution in [0, 0.1) is 23.7 Å². The van der Waals surface area contributed by atoms with Gasteiger partial charge in [-0.15, -0.1) is 0 Å². The van der Waals surface area contributed by atoms with Crippen molar-refractivity contribution >= 4 is 5.91 Å². The molecule has 2 aromatic rings. The highest BCUT2D eigenvalue weighted by Gasteiger charge is 2.46. The van der Waals surface area contributed by atoms with Crippen LogP contribution in [-0.4, -0.2) is 31.5 Å². The van der Waals surface area contributed by atoms with Gasteiger partial charge in [-0.3, -0.25) is 9.48 Å². The second-order valence-corrected chi connectivity index (χ2v) is 8.21. The van der Waals surface area contributed by atoms with Gasteiger partial charge in [0.15, 0.2) is 5.82 Å². The Morgan fingerprint density at radius 2 is 2.04 bits per heavy atom. The van der Waals surface area contributed by atoms with E-state index in [0.717, 1.165) is 30.0 Å². The lowest BCUT2D eigenvalue weighted by atomic mass is 9.80. The van der Waals surface area contributed by atoms with Crippen LogP contribution in [0.4, 0.5) is 0 Å². The van der Waals surface area contributed by atoms with Crippen LogP contribution in [0.2, 0.25) is 0 Å². The van der Waals surface area contributed by atoms with E-state index in [1.165, 1.54) is 32.1 Å². The van der Waals surface area contributed by atoms with Gasteiger partial charge in [-0.1, -0.05) is 0 Å². The number of hydrogen-bond acceptors (Lipinski definition) is 3. The molecule has 0 radical (unpaired) electrons. The molecule has 1 amide bonds. The molecular formula is C19H25N5O. The Bertz CT molecular complexity index is 780. The van der Waals surface area contributed by atoms with E-state index in [2.05, 4.69) is 15.5 Å². The molecule has 0 saturated heterocycles. The Kier molecular flexibility index (Phi) is 3.47. The maximum Gasteiger partial charge on any atom is 0.256 e. The minimum absolute atomic E-state index is 0.00942. The number of aryl methyl sites for hydroxylation is 1. The SMILES string of the molecule is Cn1ncc(C(=O)NC2CCC3CC4CC(C3)C2C4)c1-n1cccn1. The molecule has 3 aliphatic carbocycles. The van der Waals surface area contributed by atoms with Crippen molar-refractivity contribution in [1.29, 1.82) is 0 Å². The van der Waals surface area contributed by atoms with Gasteiger partial charge in [0.1, 0.15) is 5.56 Å². The highest BCUT2D eigenvalue weighted by Crippen LogP contribution is 2.53. The van der Waals surface area contributed by atoms with Gasteiger partial charge >= 0.3 is 0 Å². The van der Waals surface area contributed by atoms with E-state index < -0.39 is 0 Å². The number of fused-ring (bicyclic) bond motifs is 2. The molecule has 132 valence electrons. The van der Waals surface area contributed by atoms with Crippen molar-refractivity contribution in [2.75, 3.05) is 0 Å². The Morgan fingerprint density at radius 3 is 2.88 bits per heavy atom. The molecule has 5 rings (SSSR count). The summed E-state index contributed by atoms with van der Waals surface area (Å²) in [5.74, 6) is 4.02. The molecule has 0 spiro atoms. The van der Waals surface area contributed by atoms with Gasteiger partial charge < -0.3 is 5.32 Å². The van der Waals surface area contributed by atoms with E-state index in [4.69, 9.17) is 0 Å². The van der Waals surface area contributed by atoms with E-state index in [0.29, 0.717) is 17.5 Å². The molecule has 5 atom stereocenters. The monoisotopic (exact) mass is 339 g/mol. The lowest BCUT2D eigenvalue weighted by molar-refractivity contribution is 0.0912. The number of nitrogens with one attached hydrogen (secondary N) is 1. The molecule has 3 saturated carbocycles. The summed E-state index contributed by atoms with van der Waals surface area (Å²) >= 11 is 0. The van der Waals surface area contributed by atoms with Gasteiger partial charge in [-0.2, -0.15) is 10.2 Å². The first kappa shape index (κ1) is 15.2. The zero-order chi connectivity index (χ0) is 17.0. The van der Waals surface area contributed by atoms with Gasteiger partial charge in [0.05, 0.1) is 6.20 Å². The normalized spacial score (nSPS) is 33.4. The summed E-state index contributed by atoms with van der Waals surface area (Å²) in [6.07, 6.45) is 13.1. The van der Waals surface area contributed by atoms with E-state index in [1.54, 1.807) is 21.8 Å². The number of amides is 1. The molecule has 6 heteroatoms.